The topological polar surface area (TPSA) is 22.8 Å². The minimum Gasteiger partial charge on any atom is -0.340 e. The summed E-state index contributed by atoms with van der Waals surface area (Å²) < 4.78 is 3.93. The molecule has 0 amide bonds. The van der Waals surface area contributed by atoms with Crippen molar-refractivity contribution in [3.8, 4) is 0 Å². The molecular weight excluding hydrogens is 234 g/mol. The lowest BCUT2D eigenvalue weighted by molar-refractivity contribution is 0.716. The summed E-state index contributed by atoms with van der Waals surface area (Å²) in [6.07, 6.45) is 3.99. The average Bonchev–Trinajstić information content (AvgIpc) is 2.88. The Balaban J connectivity index is 2.06. The monoisotopic (exact) mass is 245 g/mol. The van der Waals surface area contributed by atoms with Crippen LogP contribution in [0.4, 0.5) is 0 Å². The molecule has 17 heavy (non-hydrogen) atoms. The van der Waals surface area contributed by atoms with Crippen LogP contribution in [0.2, 0.25) is 5.02 Å². The molecule has 2 heterocycles. The van der Waals surface area contributed by atoms with Crippen LogP contribution in [0.3, 0.4) is 0 Å². The molecule has 3 rings (SSSR count). The number of hydrogen-bond acceptors (Lipinski definition) is 1. The van der Waals surface area contributed by atoms with E-state index in [4.69, 9.17) is 11.6 Å². The van der Waals surface area contributed by atoms with Gasteiger partial charge in [0.2, 0.25) is 0 Å². The Morgan fingerprint density at radius 3 is 2.82 bits per heavy atom. The maximum atomic E-state index is 6.23. The Labute approximate surface area is 104 Å². The third-order valence-corrected chi connectivity index (χ3v) is 3.15. The minimum atomic E-state index is 0.744. The van der Waals surface area contributed by atoms with Crippen molar-refractivity contribution in [3.05, 3.63) is 53.4 Å². The number of para-hydroxylation sites is 1. The average molecular weight is 246 g/mol. The van der Waals surface area contributed by atoms with Crippen LogP contribution in [0.25, 0.3) is 10.9 Å². The van der Waals surface area contributed by atoms with Gasteiger partial charge in [-0.15, -0.1) is 0 Å². The summed E-state index contributed by atoms with van der Waals surface area (Å²) in [6.45, 7) is 0.744. The zero-order chi connectivity index (χ0) is 11.8. The number of hydrogen-bond donors (Lipinski definition) is 0. The summed E-state index contributed by atoms with van der Waals surface area (Å²) in [5, 5.41) is 6.32. The van der Waals surface area contributed by atoms with Crippen LogP contribution >= 0.6 is 11.6 Å². The van der Waals surface area contributed by atoms with E-state index in [0.717, 1.165) is 28.2 Å². The quantitative estimate of drug-likeness (QED) is 0.680. The molecule has 0 saturated heterocycles. The van der Waals surface area contributed by atoms with Gasteiger partial charge in [0.25, 0.3) is 0 Å². The first-order valence-corrected chi connectivity index (χ1v) is 5.84. The van der Waals surface area contributed by atoms with Gasteiger partial charge in [-0.25, -0.2) is 0 Å². The van der Waals surface area contributed by atoms with Crippen LogP contribution in [0.5, 0.6) is 0 Å². The number of aryl methyl sites for hydroxylation is 1. The van der Waals surface area contributed by atoms with E-state index < -0.39 is 0 Å². The fraction of sp³-hybridized carbons (Fsp3) is 0.154. The van der Waals surface area contributed by atoms with Gasteiger partial charge >= 0.3 is 0 Å². The Morgan fingerprint density at radius 2 is 2.06 bits per heavy atom. The van der Waals surface area contributed by atoms with E-state index in [2.05, 4.69) is 21.8 Å². The molecule has 4 heteroatoms. The van der Waals surface area contributed by atoms with Crippen molar-refractivity contribution in [1.29, 1.82) is 0 Å². The van der Waals surface area contributed by atoms with Gasteiger partial charge in [0.05, 0.1) is 22.8 Å². The van der Waals surface area contributed by atoms with Gasteiger partial charge < -0.3 is 4.57 Å². The predicted octanol–water partition coefficient (Wildman–Crippen LogP) is 3.08. The van der Waals surface area contributed by atoms with Gasteiger partial charge in [0, 0.05) is 24.8 Å². The summed E-state index contributed by atoms with van der Waals surface area (Å²) in [6, 6.07) is 10.0. The summed E-state index contributed by atoms with van der Waals surface area (Å²) in [5.74, 6) is 0. The lowest BCUT2D eigenvalue weighted by Crippen LogP contribution is -2.00. The summed E-state index contributed by atoms with van der Waals surface area (Å²) in [4.78, 5) is 0. The van der Waals surface area contributed by atoms with Gasteiger partial charge in [0.1, 0.15) is 0 Å². The first-order chi connectivity index (χ1) is 8.24. The van der Waals surface area contributed by atoms with E-state index >= 15 is 0 Å². The molecule has 0 aliphatic rings. The molecule has 2 aromatic heterocycles. The zero-order valence-electron chi connectivity index (χ0n) is 9.47. The highest BCUT2D eigenvalue weighted by atomic mass is 35.5. The van der Waals surface area contributed by atoms with Crippen LogP contribution in [-0.4, -0.2) is 14.3 Å². The van der Waals surface area contributed by atoms with Crippen molar-refractivity contribution in [3.63, 3.8) is 0 Å². The summed E-state index contributed by atoms with van der Waals surface area (Å²) >= 11 is 6.23. The summed E-state index contributed by atoms with van der Waals surface area (Å²) in [5.41, 5.74) is 2.10. The second-order valence-corrected chi connectivity index (χ2v) is 4.51. The molecule has 0 N–H and O–H groups in total. The van der Waals surface area contributed by atoms with Crippen molar-refractivity contribution in [2.24, 2.45) is 7.05 Å². The van der Waals surface area contributed by atoms with E-state index in [1.807, 2.05) is 42.3 Å². The van der Waals surface area contributed by atoms with Crippen LogP contribution in [0.15, 0.2) is 42.7 Å². The van der Waals surface area contributed by atoms with Crippen molar-refractivity contribution in [2.75, 3.05) is 0 Å². The van der Waals surface area contributed by atoms with Gasteiger partial charge in [-0.2, -0.15) is 5.10 Å². The Bertz CT molecular complexity index is 666. The Morgan fingerprint density at radius 1 is 1.18 bits per heavy atom. The largest absolute Gasteiger partial charge is 0.340 e. The first kappa shape index (κ1) is 10.4. The third kappa shape index (κ3) is 1.83. The Hall–Kier alpha value is -1.74. The molecule has 0 atom stereocenters. The Kier molecular flexibility index (Phi) is 2.41. The molecule has 0 fully saturated rings. The predicted molar refractivity (Wildman–Crippen MR) is 69.3 cm³/mol. The normalized spacial score (nSPS) is 11.2. The lowest BCUT2D eigenvalue weighted by atomic mass is 10.2. The molecule has 1 aromatic carbocycles. The fourth-order valence-electron chi connectivity index (χ4n) is 2.07. The highest BCUT2D eigenvalue weighted by molar-refractivity contribution is 6.35. The number of benzene rings is 1. The maximum absolute atomic E-state index is 6.23. The molecule has 86 valence electrons. The van der Waals surface area contributed by atoms with E-state index in [1.165, 1.54) is 0 Å². The number of fused-ring (bicyclic) bond motifs is 1. The van der Waals surface area contributed by atoms with E-state index in [-0.39, 0.29) is 0 Å². The van der Waals surface area contributed by atoms with Crippen LogP contribution in [0, 0.1) is 0 Å². The molecule has 0 unspecified atom stereocenters. The van der Waals surface area contributed by atoms with Crippen LogP contribution in [0.1, 0.15) is 5.69 Å². The molecule has 0 spiro atoms. The summed E-state index contributed by atoms with van der Waals surface area (Å²) in [7, 11) is 1.92. The standard InChI is InChI=1S/C13H12ClN3/c1-16-7-6-11(15-16)9-17-8-5-10-3-2-4-12(14)13(10)17/h2-8H,9H2,1H3. The first-order valence-electron chi connectivity index (χ1n) is 5.46. The van der Waals surface area contributed by atoms with Crippen LogP contribution < -0.4 is 0 Å². The highest BCUT2D eigenvalue weighted by Gasteiger charge is 2.06. The molecule has 0 saturated carbocycles. The van der Waals surface area contributed by atoms with Crippen molar-refractivity contribution in [1.82, 2.24) is 14.3 Å². The van der Waals surface area contributed by atoms with E-state index in [1.54, 1.807) is 0 Å². The second kappa shape index (κ2) is 3.93. The van der Waals surface area contributed by atoms with Gasteiger partial charge in [0.15, 0.2) is 0 Å². The second-order valence-electron chi connectivity index (χ2n) is 4.10. The third-order valence-electron chi connectivity index (χ3n) is 2.84. The molecule has 0 bridgehead atoms. The van der Waals surface area contributed by atoms with Crippen molar-refractivity contribution >= 4 is 22.5 Å². The number of aromatic nitrogens is 3. The van der Waals surface area contributed by atoms with Crippen molar-refractivity contribution < 1.29 is 0 Å². The number of halogens is 1. The van der Waals surface area contributed by atoms with Gasteiger partial charge in [-0.05, 0) is 18.2 Å². The molecule has 0 aliphatic heterocycles. The lowest BCUT2D eigenvalue weighted by Gasteiger charge is -2.04. The van der Waals surface area contributed by atoms with Crippen molar-refractivity contribution in [2.45, 2.75) is 6.54 Å². The van der Waals surface area contributed by atoms with Gasteiger partial charge in [-0.1, -0.05) is 23.7 Å². The van der Waals surface area contributed by atoms with Gasteiger partial charge in [-0.3, -0.25) is 4.68 Å². The SMILES string of the molecule is Cn1ccc(Cn2ccc3cccc(Cl)c32)n1. The smallest absolute Gasteiger partial charge is 0.0821 e. The molecule has 3 aromatic rings. The fourth-order valence-corrected chi connectivity index (χ4v) is 2.36. The molecule has 0 aliphatic carbocycles. The molecule has 3 nitrogen and oxygen atoms in total. The molecular formula is C13H12ClN3. The van der Waals surface area contributed by atoms with E-state index in [9.17, 15) is 0 Å². The highest BCUT2D eigenvalue weighted by Crippen LogP contribution is 2.24. The maximum Gasteiger partial charge on any atom is 0.0821 e. The van der Waals surface area contributed by atoms with E-state index in [0.29, 0.717) is 0 Å². The molecule has 0 radical (unpaired) electrons. The number of nitrogens with zero attached hydrogens (tertiary/aromatic N) is 3. The number of rotatable bonds is 2. The zero-order valence-corrected chi connectivity index (χ0v) is 10.2. The minimum absolute atomic E-state index is 0.744. The van der Waals surface area contributed by atoms with Crippen LogP contribution in [-0.2, 0) is 13.6 Å².